The molecular weight excluding hydrogens is 476 g/mol. The fraction of sp³-hybridized carbons (Fsp3) is 0.208. The zero-order chi connectivity index (χ0) is 26.4. The molecule has 1 unspecified atom stereocenters. The second kappa shape index (κ2) is 11.0. The smallest absolute Gasteiger partial charge is 0.459 e. The van der Waals surface area contributed by atoms with Crippen LogP contribution in [0.2, 0.25) is 0 Å². The van der Waals surface area contributed by atoms with Crippen molar-refractivity contribution in [2.24, 2.45) is 11.5 Å². The number of benzene rings is 2. The lowest BCUT2D eigenvalue weighted by atomic mass is 9.91. The minimum atomic E-state index is -1.35. The minimum absolute atomic E-state index is 0.0148. The average molecular weight is 498 g/mol. The Labute approximate surface area is 203 Å². The zero-order valence-corrected chi connectivity index (χ0v) is 19.3. The summed E-state index contributed by atoms with van der Waals surface area (Å²) in [5, 5.41) is -0.265. The molecule has 0 aliphatic heterocycles. The molecule has 36 heavy (non-hydrogen) atoms. The van der Waals surface area contributed by atoms with E-state index in [1.165, 1.54) is 6.92 Å². The predicted octanol–water partition coefficient (Wildman–Crippen LogP) is 2.58. The van der Waals surface area contributed by atoms with E-state index >= 15 is 0 Å². The van der Waals surface area contributed by atoms with Crippen molar-refractivity contribution >= 4 is 35.1 Å². The number of ether oxygens (including phenoxy) is 4. The molecule has 0 aliphatic carbocycles. The van der Waals surface area contributed by atoms with E-state index in [4.69, 9.17) is 34.8 Å². The Bertz CT molecular complexity index is 1380. The highest BCUT2D eigenvalue weighted by Gasteiger charge is 2.31. The first kappa shape index (κ1) is 25.7. The standard InChI is InChI=1S/C24H22N2O10/c1-3-32-23(30)35-15-10-13-14(11-16(15)36-24(31)33-4-2)34-20(18(19(13)27)22(26)29)17(21(25)28)12-8-6-5-7-9-12/h5-11,17H,3-4H2,1-2H3,(H2,25,28)(H2,26,29). The summed E-state index contributed by atoms with van der Waals surface area (Å²) in [6.45, 7) is 3.04. The Morgan fingerprint density at radius 3 is 1.94 bits per heavy atom. The molecular formula is C24H22N2O10. The van der Waals surface area contributed by atoms with E-state index < -0.39 is 52.5 Å². The highest BCUT2D eigenvalue weighted by atomic mass is 16.7. The zero-order valence-electron chi connectivity index (χ0n) is 19.3. The van der Waals surface area contributed by atoms with Gasteiger partial charge in [0.2, 0.25) is 11.3 Å². The third kappa shape index (κ3) is 5.43. The fourth-order valence-corrected chi connectivity index (χ4v) is 3.38. The van der Waals surface area contributed by atoms with Crippen LogP contribution in [0.1, 0.15) is 41.4 Å². The molecule has 2 amide bonds. The summed E-state index contributed by atoms with van der Waals surface area (Å²) < 4.78 is 25.4. The summed E-state index contributed by atoms with van der Waals surface area (Å²) in [4.78, 5) is 61.9. The van der Waals surface area contributed by atoms with Crippen molar-refractivity contribution in [1.29, 1.82) is 0 Å². The Kier molecular flexibility index (Phi) is 7.89. The quantitative estimate of drug-likeness (QED) is 0.345. The maximum atomic E-state index is 13.3. The van der Waals surface area contributed by atoms with Crippen LogP contribution in [0, 0.1) is 0 Å². The maximum Gasteiger partial charge on any atom is 0.513 e. The van der Waals surface area contributed by atoms with E-state index in [1.807, 2.05) is 0 Å². The van der Waals surface area contributed by atoms with Gasteiger partial charge in [-0.1, -0.05) is 30.3 Å². The number of primary amides is 2. The van der Waals surface area contributed by atoms with Gasteiger partial charge in [-0.15, -0.1) is 0 Å². The van der Waals surface area contributed by atoms with Crippen LogP contribution in [0.4, 0.5) is 9.59 Å². The molecule has 2 aromatic carbocycles. The van der Waals surface area contributed by atoms with Gasteiger partial charge in [-0.3, -0.25) is 14.4 Å². The highest BCUT2D eigenvalue weighted by Crippen LogP contribution is 2.35. The van der Waals surface area contributed by atoms with E-state index in [0.29, 0.717) is 5.56 Å². The first-order chi connectivity index (χ1) is 17.2. The van der Waals surface area contributed by atoms with Crippen molar-refractivity contribution in [2.75, 3.05) is 13.2 Å². The lowest BCUT2D eigenvalue weighted by Crippen LogP contribution is -2.30. The topological polar surface area (TPSA) is 187 Å². The molecule has 1 atom stereocenters. The Morgan fingerprint density at radius 2 is 1.44 bits per heavy atom. The molecule has 0 aliphatic rings. The predicted molar refractivity (Wildman–Crippen MR) is 124 cm³/mol. The molecule has 0 saturated heterocycles. The molecule has 188 valence electrons. The lowest BCUT2D eigenvalue weighted by Gasteiger charge is -2.17. The summed E-state index contributed by atoms with van der Waals surface area (Å²) in [7, 11) is 0. The molecule has 0 bridgehead atoms. The molecule has 3 rings (SSSR count). The number of fused-ring (bicyclic) bond motifs is 1. The number of hydrogen-bond donors (Lipinski definition) is 2. The van der Waals surface area contributed by atoms with Crippen LogP contribution in [0.5, 0.6) is 11.5 Å². The number of nitrogens with two attached hydrogens (primary N) is 2. The van der Waals surface area contributed by atoms with Crippen LogP contribution >= 0.6 is 0 Å². The van der Waals surface area contributed by atoms with Crippen molar-refractivity contribution in [3.63, 3.8) is 0 Å². The van der Waals surface area contributed by atoms with E-state index in [-0.39, 0.29) is 29.9 Å². The van der Waals surface area contributed by atoms with Crippen molar-refractivity contribution in [2.45, 2.75) is 19.8 Å². The number of hydrogen-bond acceptors (Lipinski definition) is 10. The third-order valence-electron chi connectivity index (χ3n) is 4.82. The molecule has 4 N–H and O–H groups in total. The van der Waals surface area contributed by atoms with Crippen LogP contribution in [-0.4, -0.2) is 37.3 Å². The van der Waals surface area contributed by atoms with Crippen molar-refractivity contribution in [1.82, 2.24) is 0 Å². The molecule has 1 heterocycles. The van der Waals surface area contributed by atoms with Crippen LogP contribution in [0.25, 0.3) is 11.0 Å². The normalized spacial score (nSPS) is 11.4. The molecule has 3 aromatic rings. The van der Waals surface area contributed by atoms with Crippen molar-refractivity contribution < 1.29 is 42.5 Å². The number of amides is 2. The van der Waals surface area contributed by atoms with E-state index in [0.717, 1.165) is 12.1 Å². The monoisotopic (exact) mass is 498 g/mol. The van der Waals surface area contributed by atoms with E-state index in [9.17, 15) is 24.0 Å². The summed E-state index contributed by atoms with van der Waals surface area (Å²) in [6.07, 6.45) is -2.29. The van der Waals surface area contributed by atoms with Crippen LogP contribution < -0.4 is 26.4 Å². The molecule has 12 heteroatoms. The van der Waals surface area contributed by atoms with E-state index in [1.54, 1.807) is 37.3 Å². The van der Waals surface area contributed by atoms with Crippen molar-refractivity contribution in [3.05, 3.63) is 69.6 Å². The lowest BCUT2D eigenvalue weighted by molar-refractivity contribution is -0.118. The van der Waals surface area contributed by atoms with Crippen LogP contribution in [0.15, 0.2) is 51.7 Å². The molecule has 0 saturated carbocycles. The largest absolute Gasteiger partial charge is 0.513 e. The van der Waals surface area contributed by atoms with Gasteiger partial charge in [0.1, 0.15) is 22.8 Å². The average Bonchev–Trinajstić information content (AvgIpc) is 2.80. The van der Waals surface area contributed by atoms with Gasteiger partial charge in [-0.25, -0.2) is 9.59 Å². The number of carbonyl (C=O) groups excluding carboxylic acids is 4. The molecule has 0 fully saturated rings. The first-order valence-electron chi connectivity index (χ1n) is 10.7. The Balaban J connectivity index is 2.31. The molecule has 12 nitrogen and oxygen atoms in total. The molecule has 1 aromatic heterocycles. The summed E-state index contributed by atoms with van der Waals surface area (Å²) >= 11 is 0. The van der Waals surface area contributed by atoms with Gasteiger partial charge >= 0.3 is 12.3 Å². The first-order valence-corrected chi connectivity index (χ1v) is 10.7. The Morgan fingerprint density at radius 1 is 0.889 bits per heavy atom. The summed E-state index contributed by atoms with van der Waals surface area (Å²) in [5.74, 6) is -4.63. The third-order valence-corrected chi connectivity index (χ3v) is 4.82. The van der Waals surface area contributed by atoms with Gasteiger partial charge in [-0.05, 0) is 25.5 Å². The minimum Gasteiger partial charge on any atom is -0.459 e. The number of carbonyl (C=O) groups is 4. The second-order valence-corrected chi connectivity index (χ2v) is 7.15. The van der Waals surface area contributed by atoms with Gasteiger partial charge < -0.3 is 34.8 Å². The fourth-order valence-electron chi connectivity index (χ4n) is 3.38. The van der Waals surface area contributed by atoms with Crippen LogP contribution in [0.3, 0.4) is 0 Å². The van der Waals surface area contributed by atoms with Crippen molar-refractivity contribution in [3.8, 4) is 11.5 Å². The maximum absolute atomic E-state index is 13.3. The summed E-state index contributed by atoms with van der Waals surface area (Å²) in [6, 6.07) is 10.1. The van der Waals surface area contributed by atoms with Gasteiger partial charge in [-0.2, -0.15) is 0 Å². The SMILES string of the molecule is CCOC(=O)Oc1cc2oc(C(C(N)=O)c3ccccc3)c(C(N)=O)c(=O)c2cc1OC(=O)OCC. The molecule has 0 spiro atoms. The highest BCUT2D eigenvalue weighted by molar-refractivity contribution is 6.00. The van der Waals surface area contributed by atoms with Gasteiger partial charge in [0.05, 0.1) is 18.6 Å². The van der Waals surface area contributed by atoms with Gasteiger partial charge in [0, 0.05) is 6.07 Å². The summed E-state index contributed by atoms with van der Waals surface area (Å²) in [5.41, 5.74) is 9.61. The van der Waals surface area contributed by atoms with E-state index in [2.05, 4.69) is 0 Å². The second-order valence-electron chi connectivity index (χ2n) is 7.15. The van der Waals surface area contributed by atoms with Crippen LogP contribution in [-0.2, 0) is 14.3 Å². The Hall–Kier alpha value is -4.87. The number of rotatable bonds is 8. The van der Waals surface area contributed by atoms with Gasteiger partial charge in [0.25, 0.3) is 5.91 Å². The van der Waals surface area contributed by atoms with Gasteiger partial charge in [0.15, 0.2) is 11.5 Å². The molecule has 0 radical (unpaired) electrons.